The molecule has 9 nitrogen and oxygen atoms in total. The lowest BCUT2D eigenvalue weighted by molar-refractivity contribution is -0.384. The number of furan rings is 1. The Labute approximate surface area is 189 Å². The summed E-state index contributed by atoms with van der Waals surface area (Å²) < 4.78 is 11.2. The second-order valence-corrected chi connectivity index (χ2v) is 7.42. The molecule has 0 aliphatic carbocycles. The van der Waals surface area contributed by atoms with Crippen molar-refractivity contribution >= 4 is 29.0 Å². The van der Waals surface area contributed by atoms with Gasteiger partial charge in [0.25, 0.3) is 5.69 Å². The predicted molar refractivity (Wildman–Crippen MR) is 120 cm³/mol. The van der Waals surface area contributed by atoms with E-state index in [1.807, 2.05) is 18.2 Å². The van der Waals surface area contributed by atoms with Gasteiger partial charge in [0.2, 0.25) is 0 Å². The molecule has 2 atom stereocenters. The number of esters is 1. The van der Waals surface area contributed by atoms with Gasteiger partial charge in [-0.1, -0.05) is 18.2 Å². The van der Waals surface area contributed by atoms with Crippen molar-refractivity contribution in [3.8, 4) is 11.3 Å². The van der Waals surface area contributed by atoms with E-state index in [-0.39, 0.29) is 24.9 Å². The first-order chi connectivity index (χ1) is 15.5. The molecule has 1 aliphatic rings. The molecule has 10 heteroatoms. The maximum Gasteiger partial charge on any atom is 0.325 e. The summed E-state index contributed by atoms with van der Waals surface area (Å²) in [6.45, 7) is 1.91. The molecule has 0 radical (unpaired) electrons. The van der Waals surface area contributed by atoms with Gasteiger partial charge in [0, 0.05) is 12.3 Å². The average Bonchev–Trinajstić information content (AvgIpc) is 3.39. The number of carbonyl (C=O) groups is 1. The summed E-state index contributed by atoms with van der Waals surface area (Å²) in [6.07, 6.45) is 1.67. The normalized spacial score (nSPS) is 17.8. The quantitative estimate of drug-likeness (QED) is 0.248. The van der Waals surface area contributed by atoms with Crippen molar-refractivity contribution < 1.29 is 18.9 Å². The molecule has 3 aromatic rings. The number of nitrogens with zero attached hydrogens (tertiary/aromatic N) is 3. The lowest BCUT2D eigenvalue weighted by atomic mass is 10.0. The van der Waals surface area contributed by atoms with Crippen LogP contribution in [0, 0.1) is 10.1 Å². The van der Waals surface area contributed by atoms with Crippen molar-refractivity contribution in [3.63, 3.8) is 0 Å². The zero-order valence-electron chi connectivity index (χ0n) is 17.1. The highest BCUT2D eigenvalue weighted by Gasteiger charge is 2.42. The van der Waals surface area contributed by atoms with E-state index in [4.69, 9.17) is 21.4 Å². The van der Waals surface area contributed by atoms with Crippen LogP contribution in [0.2, 0.25) is 0 Å². The SMILES string of the molecule is CCOC(=O)CN1C(=S)N[C@@H](c2ccccn2)[C@@H]1c1ccc(-c2ccccc2[N+](=O)[O-])o1. The molecule has 0 unspecified atom stereocenters. The zero-order valence-corrected chi connectivity index (χ0v) is 18.0. The van der Waals surface area contributed by atoms with Crippen LogP contribution in [0.15, 0.2) is 65.2 Å². The minimum atomic E-state index is -0.502. The Morgan fingerprint density at radius 1 is 1.25 bits per heavy atom. The van der Waals surface area contributed by atoms with Gasteiger partial charge in [0.1, 0.15) is 24.1 Å². The van der Waals surface area contributed by atoms with Crippen LogP contribution in [0.3, 0.4) is 0 Å². The summed E-state index contributed by atoms with van der Waals surface area (Å²) in [5, 5.41) is 15.0. The van der Waals surface area contributed by atoms with E-state index in [1.54, 1.807) is 48.4 Å². The highest BCUT2D eigenvalue weighted by Crippen LogP contribution is 2.41. The van der Waals surface area contributed by atoms with E-state index in [2.05, 4.69) is 10.3 Å². The van der Waals surface area contributed by atoms with Crippen molar-refractivity contribution in [1.82, 2.24) is 15.2 Å². The second-order valence-electron chi connectivity index (χ2n) is 7.04. The van der Waals surface area contributed by atoms with Gasteiger partial charge in [0.15, 0.2) is 5.11 Å². The fourth-order valence-corrected chi connectivity index (χ4v) is 4.03. The number of para-hydroxylation sites is 1. The summed E-state index contributed by atoms with van der Waals surface area (Å²) in [5.41, 5.74) is 1.02. The first-order valence-electron chi connectivity index (χ1n) is 9.96. The van der Waals surface area contributed by atoms with Crippen molar-refractivity contribution in [2.24, 2.45) is 0 Å². The molecular weight excluding hydrogens is 432 g/mol. The lowest BCUT2D eigenvalue weighted by Gasteiger charge is -2.25. The van der Waals surface area contributed by atoms with E-state index in [0.29, 0.717) is 22.2 Å². The molecule has 1 fully saturated rings. The Bertz CT molecular complexity index is 1150. The minimum Gasteiger partial charge on any atom is -0.465 e. The monoisotopic (exact) mass is 452 g/mol. The number of rotatable bonds is 7. The predicted octanol–water partition coefficient (Wildman–Crippen LogP) is 3.79. The highest BCUT2D eigenvalue weighted by molar-refractivity contribution is 7.80. The molecule has 164 valence electrons. The largest absolute Gasteiger partial charge is 0.465 e. The van der Waals surface area contributed by atoms with Crippen LogP contribution in [0.1, 0.15) is 30.5 Å². The number of hydrogen-bond acceptors (Lipinski definition) is 7. The van der Waals surface area contributed by atoms with Crippen LogP contribution in [0.4, 0.5) is 5.69 Å². The summed E-state index contributed by atoms with van der Waals surface area (Å²) in [5.74, 6) is 0.417. The maximum absolute atomic E-state index is 12.2. The number of pyridine rings is 1. The molecule has 0 spiro atoms. The van der Waals surface area contributed by atoms with Crippen LogP contribution in [-0.2, 0) is 9.53 Å². The number of nitro benzene ring substituents is 1. The number of thiocarbonyl (C=S) groups is 1. The number of carbonyl (C=O) groups excluding carboxylic acids is 1. The van der Waals surface area contributed by atoms with Gasteiger partial charge in [-0.15, -0.1) is 0 Å². The third-order valence-electron chi connectivity index (χ3n) is 5.09. The summed E-state index contributed by atoms with van der Waals surface area (Å²) in [6, 6.07) is 14.4. The fraction of sp³-hybridized carbons (Fsp3) is 0.227. The van der Waals surface area contributed by atoms with E-state index >= 15 is 0 Å². The Morgan fingerprint density at radius 3 is 2.75 bits per heavy atom. The number of aromatic nitrogens is 1. The van der Waals surface area contributed by atoms with Crippen LogP contribution in [0.5, 0.6) is 0 Å². The van der Waals surface area contributed by atoms with Crippen molar-refractivity contribution in [1.29, 1.82) is 0 Å². The molecule has 3 heterocycles. The van der Waals surface area contributed by atoms with Gasteiger partial charge in [-0.3, -0.25) is 19.9 Å². The Morgan fingerprint density at radius 2 is 2.03 bits per heavy atom. The third kappa shape index (κ3) is 4.17. The van der Waals surface area contributed by atoms with E-state index in [9.17, 15) is 14.9 Å². The van der Waals surface area contributed by atoms with Gasteiger partial charge in [-0.05, 0) is 49.5 Å². The second kappa shape index (κ2) is 9.15. The Balaban J connectivity index is 1.74. The zero-order chi connectivity index (χ0) is 22.7. The van der Waals surface area contributed by atoms with E-state index < -0.39 is 16.9 Å². The Kier molecular flexibility index (Phi) is 6.13. The molecule has 0 bridgehead atoms. The summed E-state index contributed by atoms with van der Waals surface area (Å²) in [7, 11) is 0. The van der Waals surface area contributed by atoms with Gasteiger partial charge in [0.05, 0.1) is 28.8 Å². The standard InChI is InChI=1S/C22H20N4O5S/c1-2-30-19(27)13-25-21(20(24-22(25)32)15-8-5-6-12-23-15)18-11-10-17(31-18)14-7-3-4-9-16(14)26(28)29/h3-12,20-21H,2,13H2,1H3,(H,24,32)/t20-,21-/m0/s1. The van der Waals surface area contributed by atoms with Gasteiger partial charge in [-0.2, -0.15) is 0 Å². The summed E-state index contributed by atoms with van der Waals surface area (Å²) >= 11 is 5.50. The number of hydrogen-bond donors (Lipinski definition) is 1. The molecule has 1 aliphatic heterocycles. The first kappa shape index (κ1) is 21.4. The van der Waals surface area contributed by atoms with Crippen molar-refractivity contribution in [2.45, 2.75) is 19.0 Å². The first-order valence-corrected chi connectivity index (χ1v) is 10.4. The Hall–Kier alpha value is -3.79. The summed E-state index contributed by atoms with van der Waals surface area (Å²) in [4.78, 5) is 29.3. The third-order valence-corrected chi connectivity index (χ3v) is 5.44. The number of nitrogens with one attached hydrogen (secondary N) is 1. The van der Waals surface area contributed by atoms with E-state index in [0.717, 1.165) is 5.69 Å². The van der Waals surface area contributed by atoms with Crippen LogP contribution in [-0.4, -0.2) is 39.0 Å². The van der Waals surface area contributed by atoms with Crippen molar-refractivity contribution in [2.75, 3.05) is 13.2 Å². The number of benzene rings is 1. The maximum atomic E-state index is 12.2. The average molecular weight is 452 g/mol. The molecule has 0 amide bonds. The van der Waals surface area contributed by atoms with Gasteiger partial charge < -0.3 is 19.4 Å². The van der Waals surface area contributed by atoms with Crippen LogP contribution < -0.4 is 5.32 Å². The molecular formula is C22H20N4O5S. The highest BCUT2D eigenvalue weighted by atomic mass is 32.1. The molecule has 1 N–H and O–H groups in total. The van der Waals surface area contributed by atoms with Gasteiger partial charge >= 0.3 is 5.97 Å². The van der Waals surface area contributed by atoms with Gasteiger partial charge in [-0.25, -0.2) is 0 Å². The van der Waals surface area contributed by atoms with Crippen molar-refractivity contribution in [3.05, 3.63) is 82.4 Å². The van der Waals surface area contributed by atoms with Crippen LogP contribution in [0.25, 0.3) is 11.3 Å². The minimum absolute atomic E-state index is 0.0573. The molecule has 4 rings (SSSR count). The van der Waals surface area contributed by atoms with Crippen LogP contribution >= 0.6 is 12.2 Å². The number of nitro groups is 1. The molecule has 1 aromatic carbocycles. The smallest absolute Gasteiger partial charge is 0.325 e. The topological polar surface area (TPSA) is 111 Å². The lowest BCUT2D eigenvalue weighted by Crippen LogP contribution is -2.35. The molecule has 32 heavy (non-hydrogen) atoms. The molecule has 1 saturated heterocycles. The van der Waals surface area contributed by atoms with E-state index in [1.165, 1.54) is 6.07 Å². The number of ether oxygens (including phenoxy) is 1. The molecule has 0 saturated carbocycles. The fourth-order valence-electron chi connectivity index (χ4n) is 3.73. The molecule has 2 aromatic heterocycles.